The van der Waals surface area contributed by atoms with Crippen molar-refractivity contribution in [1.82, 2.24) is 9.47 Å². The van der Waals surface area contributed by atoms with E-state index < -0.39 is 0 Å². The summed E-state index contributed by atoms with van der Waals surface area (Å²) in [5.74, 6) is 0.693. The molecule has 4 rings (SSSR count). The van der Waals surface area contributed by atoms with Crippen LogP contribution >= 0.6 is 11.3 Å². The molecule has 0 bridgehead atoms. The van der Waals surface area contributed by atoms with Gasteiger partial charge in [-0.05, 0) is 68.4 Å². The van der Waals surface area contributed by atoms with Crippen LogP contribution in [0.4, 0.5) is 5.69 Å². The Morgan fingerprint density at radius 3 is 2.92 bits per heavy atom. The van der Waals surface area contributed by atoms with E-state index in [9.17, 15) is 0 Å². The Labute approximate surface area is 155 Å². The number of fused-ring (bicyclic) bond motifs is 3. The molecule has 0 saturated carbocycles. The first-order chi connectivity index (χ1) is 12.3. The molecule has 0 N–H and O–H groups in total. The Morgan fingerprint density at radius 1 is 1.20 bits per heavy atom. The van der Waals surface area contributed by atoms with Crippen molar-refractivity contribution in [3.05, 3.63) is 35.5 Å². The molecule has 2 aliphatic heterocycles. The summed E-state index contributed by atoms with van der Waals surface area (Å²) < 4.78 is 2.29. The molecule has 0 radical (unpaired) electrons. The van der Waals surface area contributed by atoms with Crippen LogP contribution < -0.4 is 5.06 Å². The monoisotopic (exact) mass is 359 g/mol. The second-order valence-corrected chi connectivity index (χ2v) is 8.20. The fraction of sp³-hybridized carbons (Fsp3) is 0.600. The highest BCUT2D eigenvalue weighted by Gasteiger charge is 2.25. The van der Waals surface area contributed by atoms with E-state index >= 15 is 0 Å². The molecular formula is C20H29N3OS. The van der Waals surface area contributed by atoms with Crippen molar-refractivity contribution in [1.29, 1.82) is 0 Å². The lowest BCUT2D eigenvalue weighted by Gasteiger charge is -2.34. The van der Waals surface area contributed by atoms with Gasteiger partial charge < -0.3 is 9.47 Å². The standard InChI is InChI=1S/C20H29N3OS/c1-2-3-4-10-21-12-7-17(8-13-21)16-24-23-15-18-6-5-11-22(18)20-19(23)9-14-25-20/h5-6,9,11,14,17H,2-4,7-8,10,12-13,15-16H2,1H3. The van der Waals surface area contributed by atoms with Gasteiger partial charge in [0.15, 0.2) is 0 Å². The van der Waals surface area contributed by atoms with Crippen molar-refractivity contribution in [3.8, 4) is 5.00 Å². The molecular weight excluding hydrogens is 330 g/mol. The number of rotatable bonds is 7. The lowest BCUT2D eigenvalue weighted by atomic mass is 9.97. The van der Waals surface area contributed by atoms with Gasteiger partial charge >= 0.3 is 0 Å². The minimum absolute atomic E-state index is 0.693. The van der Waals surface area contributed by atoms with Crippen molar-refractivity contribution in [2.24, 2.45) is 5.92 Å². The molecule has 0 aliphatic carbocycles. The number of likely N-dealkylation sites (tertiary alicyclic amines) is 1. The molecule has 2 aromatic heterocycles. The second kappa shape index (κ2) is 7.94. The molecule has 4 nitrogen and oxygen atoms in total. The third kappa shape index (κ3) is 3.78. The first-order valence-corrected chi connectivity index (χ1v) is 10.6. The number of nitrogens with zero attached hydrogens (tertiary/aromatic N) is 3. The van der Waals surface area contributed by atoms with Gasteiger partial charge in [0.2, 0.25) is 0 Å². The van der Waals surface area contributed by atoms with Crippen LogP contribution in [-0.4, -0.2) is 35.7 Å². The molecule has 1 fully saturated rings. The topological polar surface area (TPSA) is 20.6 Å². The molecule has 136 valence electrons. The Bertz CT molecular complexity index is 672. The van der Waals surface area contributed by atoms with Crippen molar-refractivity contribution >= 4 is 17.0 Å². The average Bonchev–Trinajstić information content (AvgIpc) is 3.29. The molecule has 0 spiro atoms. The number of aromatic nitrogens is 1. The summed E-state index contributed by atoms with van der Waals surface area (Å²) in [5.41, 5.74) is 2.52. The van der Waals surface area contributed by atoms with Crippen molar-refractivity contribution in [2.45, 2.75) is 45.6 Å². The van der Waals surface area contributed by atoms with Gasteiger partial charge in [-0.3, -0.25) is 4.84 Å². The summed E-state index contributed by atoms with van der Waals surface area (Å²) in [6.45, 7) is 7.72. The van der Waals surface area contributed by atoms with Crippen LogP contribution in [0.5, 0.6) is 0 Å². The first kappa shape index (κ1) is 17.1. The Kier molecular flexibility index (Phi) is 5.44. The molecule has 2 aliphatic rings. The number of thiophene rings is 1. The summed E-state index contributed by atoms with van der Waals surface area (Å²) in [4.78, 5) is 8.91. The highest BCUT2D eigenvalue weighted by atomic mass is 32.1. The predicted molar refractivity (Wildman–Crippen MR) is 104 cm³/mol. The van der Waals surface area contributed by atoms with Crippen LogP contribution in [0.15, 0.2) is 29.8 Å². The molecule has 0 aromatic carbocycles. The van der Waals surface area contributed by atoms with Gasteiger partial charge in [-0.15, -0.1) is 11.3 Å². The fourth-order valence-electron chi connectivity index (χ4n) is 3.91. The molecule has 1 saturated heterocycles. The third-order valence-electron chi connectivity index (χ3n) is 5.50. The Balaban J connectivity index is 1.28. The smallest absolute Gasteiger partial charge is 0.126 e. The van der Waals surface area contributed by atoms with Crippen molar-refractivity contribution in [2.75, 3.05) is 31.3 Å². The minimum atomic E-state index is 0.693. The lowest BCUT2D eigenvalue weighted by Crippen LogP contribution is -2.37. The Morgan fingerprint density at radius 2 is 2.08 bits per heavy atom. The van der Waals surface area contributed by atoms with Crippen molar-refractivity contribution < 1.29 is 4.84 Å². The average molecular weight is 360 g/mol. The van der Waals surface area contributed by atoms with Gasteiger partial charge in [0, 0.05) is 11.9 Å². The van der Waals surface area contributed by atoms with E-state index in [4.69, 9.17) is 4.84 Å². The number of hydrogen-bond acceptors (Lipinski definition) is 4. The van der Waals surface area contributed by atoms with E-state index in [1.807, 2.05) is 0 Å². The van der Waals surface area contributed by atoms with Crippen molar-refractivity contribution in [3.63, 3.8) is 0 Å². The first-order valence-electron chi connectivity index (χ1n) is 9.72. The van der Waals surface area contributed by atoms with Crippen LogP contribution in [0, 0.1) is 5.92 Å². The maximum atomic E-state index is 6.28. The van der Waals surface area contributed by atoms with E-state index in [0.29, 0.717) is 5.92 Å². The van der Waals surface area contributed by atoms with Crippen LogP contribution in [-0.2, 0) is 11.4 Å². The molecule has 0 atom stereocenters. The maximum absolute atomic E-state index is 6.28. The maximum Gasteiger partial charge on any atom is 0.126 e. The lowest BCUT2D eigenvalue weighted by molar-refractivity contribution is 0.0466. The zero-order valence-electron chi connectivity index (χ0n) is 15.2. The van der Waals surface area contributed by atoms with Gasteiger partial charge in [0.05, 0.1) is 18.8 Å². The summed E-state index contributed by atoms with van der Waals surface area (Å²) >= 11 is 1.78. The summed E-state index contributed by atoms with van der Waals surface area (Å²) in [7, 11) is 0. The number of hydroxylamine groups is 1. The van der Waals surface area contributed by atoms with E-state index in [2.05, 4.69) is 51.2 Å². The van der Waals surface area contributed by atoms with E-state index in [1.54, 1.807) is 11.3 Å². The van der Waals surface area contributed by atoms with Crippen LogP contribution in [0.3, 0.4) is 0 Å². The van der Waals surface area contributed by atoms with Crippen LogP contribution in [0.2, 0.25) is 0 Å². The highest BCUT2D eigenvalue weighted by molar-refractivity contribution is 7.13. The number of unbranched alkanes of at least 4 members (excludes halogenated alkanes) is 2. The highest BCUT2D eigenvalue weighted by Crippen LogP contribution is 2.37. The quantitative estimate of drug-likeness (QED) is 0.669. The molecule has 0 unspecified atom stereocenters. The zero-order valence-corrected chi connectivity index (χ0v) is 16.0. The molecule has 4 heterocycles. The summed E-state index contributed by atoms with van der Waals surface area (Å²) in [6, 6.07) is 6.49. The van der Waals surface area contributed by atoms with Gasteiger partial charge in [-0.1, -0.05) is 19.8 Å². The Hall–Kier alpha value is -1.30. The van der Waals surface area contributed by atoms with Gasteiger partial charge in [-0.2, -0.15) is 0 Å². The predicted octanol–water partition coefficient (Wildman–Crippen LogP) is 4.69. The largest absolute Gasteiger partial charge is 0.309 e. The van der Waals surface area contributed by atoms with E-state index in [-0.39, 0.29) is 0 Å². The second-order valence-electron chi connectivity index (χ2n) is 7.31. The molecule has 5 heteroatoms. The van der Waals surface area contributed by atoms with Gasteiger partial charge in [0.25, 0.3) is 0 Å². The van der Waals surface area contributed by atoms with Crippen LogP contribution in [0.25, 0.3) is 5.00 Å². The normalized spacial score (nSPS) is 18.4. The minimum Gasteiger partial charge on any atom is -0.309 e. The number of hydrogen-bond donors (Lipinski definition) is 0. The fourth-order valence-corrected chi connectivity index (χ4v) is 4.82. The summed E-state index contributed by atoms with van der Waals surface area (Å²) in [6.07, 6.45) is 8.72. The van der Waals surface area contributed by atoms with E-state index in [0.717, 1.165) is 13.2 Å². The zero-order chi connectivity index (χ0) is 17.1. The molecule has 2 aromatic rings. The molecule has 0 amide bonds. The molecule has 25 heavy (non-hydrogen) atoms. The van der Waals surface area contributed by atoms with Gasteiger partial charge in [0.1, 0.15) is 5.00 Å². The van der Waals surface area contributed by atoms with E-state index in [1.165, 1.54) is 68.1 Å². The number of piperidine rings is 1. The van der Waals surface area contributed by atoms with Crippen LogP contribution in [0.1, 0.15) is 44.7 Å². The van der Waals surface area contributed by atoms with Gasteiger partial charge in [-0.25, -0.2) is 5.06 Å². The summed E-state index contributed by atoms with van der Waals surface area (Å²) in [5, 5.41) is 5.54. The third-order valence-corrected chi connectivity index (χ3v) is 6.40. The SMILES string of the molecule is CCCCCN1CCC(CON2Cc3cccn3-c3sccc32)CC1. The number of anilines is 1.